The molecule has 1 N–H and O–H groups in total. The molecule has 0 aliphatic carbocycles. The van der Waals surface area contributed by atoms with Crippen molar-refractivity contribution in [2.24, 2.45) is 0 Å². The van der Waals surface area contributed by atoms with Crippen LogP contribution < -0.4 is 19.5 Å². The highest BCUT2D eigenvalue weighted by atomic mass is 16.6. The van der Waals surface area contributed by atoms with Crippen LogP contribution in [-0.2, 0) is 0 Å². The highest BCUT2D eigenvalue weighted by molar-refractivity contribution is 5.55. The van der Waals surface area contributed by atoms with Crippen molar-refractivity contribution in [2.75, 3.05) is 26.9 Å². The molecule has 1 unspecified atom stereocenters. The zero-order valence-corrected chi connectivity index (χ0v) is 9.29. The molecule has 0 radical (unpaired) electrons. The molecular weight excluding hydrogens is 206 g/mol. The van der Waals surface area contributed by atoms with E-state index in [9.17, 15) is 0 Å². The maximum atomic E-state index is 5.59. The van der Waals surface area contributed by atoms with E-state index < -0.39 is 0 Å². The van der Waals surface area contributed by atoms with E-state index in [4.69, 9.17) is 14.2 Å². The Morgan fingerprint density at radius 3 is 2.81 bits per heavy atom. The summed E-state index contributed by atoms with van der Waals surface area (Å²) in [7, 11) is 1.66. The van der Waals surface area contributed by atoms with Crippen LogP contribution in [0.3, 0.4) is 0 Å². The molecule has 2 aliphatic heterocycles. The van der Waals surface area contributed by atoms with E-state index in [1.807, 2.05) is 12.1 Å². The average Bonchev–Trinajstić information content (AvgIpc) is 2.25. The highest BCUT2D eigenvalue weighted by Gasteiger charge is 2.24. The van der Waals surface area contributed by atoms with E-state index in [1.165, 1.54) is 12.0 Å². The van der Waals surface area contributed by atoms with Crippen molar-refractivity contribution in [3.63, 3.8) is 0 Å². The fourth-order valence-electron chi connectivity index (χ4n) is 2.07. The van der Waals surface area contributed by atoms with Gasteiger partial charge in [-0.25, -0.2) is 0 Å². The molecule has 0 bridgehead atoms. The molecule has 1 saturated heterocycles. The molecule has 16 heavy (non-hydrogen) atoms. The Hall–Kier alpha value is -1.42. The van der Waals surface area contributed by atoms with Crippen LogP contribution in [0, 0.1) is 0 Å². The van der Waals surface area contributed by atoms with Crippen molar-refractivity contribution in [3.8, 4) is 17.2 Å². The molecule has 4 nitrogen and oxygen atoms in total. The monoisotopic (exact) mass is 221 g/mol. The molecule has 86 valence electrons. The van der Waals surface area contributed by atoms with Crippen molar-refractivity contribution in [2.45, 2.75) is 12.5 Å². The van der Waals surface area contributed by atoms with Crippen molar-refractivity contribution in [1.82, 2.24) is 5.32 Å². The summed E-state index contributed by atoms with van der Waals surface area (Å²) in [6.45, 7) is 2.28. The molecule has 2 heterocycles. The lowest BCUT2D eigenvalue weighted by Gasteiger charge is -2.30. The number of hydrogen-bond acceptors (Lipinski definition) is 4. The summed E-state index contributed by atoms with van der Waals surface area (Å²) in [4.78, 5) is 0. The summed E-state index contributed by atoms with van der Waals surface area (Å²) in [5, 5.41) is 3.37. The minimum Gasteiger partial charge on any atom is -0.493 e. The predicted molar refractivity (Wildman–Crippen MR) is 59.3 cm³/mol. The summed E-state index contributed by atoms with van der Waals surface area (Å²) in [6, 6.07) is 4.52. The lowest BCUT2D eigenvalue weighted by molar-refractivity contribution is 0.164. The minimum atomic E-state index is 0.435. The lowest BCUT2D eigenvalue weighted by atomic mass is 9.97. The standard InChI is InChI=1S/C12H15NO3/c1-14-10-6-8(9-2-3-13-9)7-11-12(10)16-5-4-15-11/h6-7,9,13H,2-5H2,1H3. The fourth-order valence-corrected chi connectivity index (χ4v) is 2.07. The van der Waals surface area contributed by atoms with Gasteiger partial charge in [-0.1, -0.05) is 0 Å². The maximum Gasteiger partial charge on any atom is 0.203 e. The van der Waals surface area contributed by atoms with Crippen LogP contribution in [0.4, 0.5) is 0 Å². The van der Waals surface area contributed by atoms with Crippen molar-refractivity contribution in [3.05, 3.63) is 17.7 Å². The molecule has 0 amide bonds. The average molecular weight is 221 g/mol. The number of hydrogen-bond donors (Lipinski definition) is 1. The summed E-state index contributed by atoms with van der Waals surface area (Å²) >= 11 is 0. The third-order valence-corrected chi connectivity index (χ3v) is 3.08. The van der Waals surface area contributed by atoms with Crippen molar-refractivity contribution < 1.29 is 14.2 Å². The van der Waals surface area contributed by atoms with Crippen LogP contribution in [-0.4, -0.2) is 26.9 Å². The minimum absolute atomic E-state index is 0.435. The SMILES string of the molecule is COc1cc(C2CCN2)cc2c1OCCO2. The molecule has 3 rings (SSSR count). The Morgan fingerprint density at radius 1 is 1.31 bits per heavy atom. The van der Waals surface area contributed by atoms with E-state index in [0.29, 0.717) is 19.3 Å². The van der Waals surface area contributed by atoms with Crippen LogP contribution >= 0.6 is 0 Å². The molecule has 2 aliphatic rings. The second-order valence-electron chi connectivity index (χ2n) is 4.04. The zero-order valence-electron chi connectivity index (χ0n) is 9.29. The second kappa shape index (κ2) is 3.87. The maximum absolute atomic E-state index is 5.59. The normalized spacial score (nSPS) is 22.4. The van der Waals surface area contributed by atoms with Gasteiger partial charge in [-0.2, -0.15) is 0 Å². The quantitative estimate of drug-likeness (QED) is 0.821. The van der Waals surface area contributed by atoms with E-state index in [2.05, 4.69) is 5.32 Å². The van der Waals surface area contributed by atoms with E-state index in [0.717, 1.165) is 23.8 Å². The first-order valence-electron chi connectivity index (χ1n) is 5.59. The van der Waals surface area contributed by atoms with Gasteiger partial charge in [0.05, 0.1) is 7.11 Å². The van der Waals surface area contributed by atoms with Crippen LogP contribution in [0.5, 0.6) is 17.2 Å². The molecule has 4 heteroatoms. The van der Waals surface area contributed by atoms with Gasteiger partial charge in [0.1, 0.15) is 13.2 Å². The van der Waals surface area contributed by atoms with Crippen LogP contribution in [0.1, 0.15) is 18.0 Å². The number of fused-ring (bicyclic) bond motifs is 1. The van der Waals surface area contributed by atoms with Gasteiger partial charge >= 0.3 is 0 Å². The Kier molecular flexibility index (Phi) is 2.36. The number of rotatable bonds is 2. The fraction of sp³-hybridized carbons (Fsp3) is 0.500. The van der Waals surface area contributed by atoms with Crippen molar-refractivity contribution >= 4 is 0 Å². The predicted octanol–water partition coefficient (Wildman–Crippen LogP) is 1.50. The first-order valence-corrected chi connectivity index (χ1v) is 5.59. The molecule has 1 atom stereocenters. The number of ether oxygens (including phenoxy) is 3. The topological polar surface area (TPSA) is 39.7 Å². The molecule has 0 saturated carbocycles. The summed E-state index contributed by atoms with van der Waals surface area (Å²) in [6.07, 6.45) is 1.17. The molecule has 1 aromatic carbocycles. The lowest BCUT2D eigenvalue weighted by Crippen LogP contribution is -2.35. The zero-order chi connectivity index (χ0) is 11.0. The van der Waals surface area contributed by atoms with Gasteiger partial charge in [0.15, 0.2) is 11.5 Å². The van der Waals surface area contributed by atoms with Gasteiger partial charge in [-0.05, 0) is 30.7 Å². The Labute approximate surface area is 94.5 Å². The highest BCUT2D eigenvalue weighted by Crippen LogP contribution is 2.42. The van der Waals surface area contributed by atoms with E-state index in [-0.39, 0.29) is 0 Å². The Bertz CT molecular complexity index is 384. The summed E-state index contributed by atoms with van der Waals surface area (Å²) in [5.41, 5.74) is 1.22. The van der Waals surface area contributed by atoms with E-state index >= 15 is 0 Å². The third kappa shape index (κ3) is 1.50. The molecular formula is C12H15NO3. The third-order valence-electron chi connectivity index (χ3n) is 3.08. The largest absolute Gasteiger partial charge is 0.493 e. The van der Waals surface area contributed by atoms with Crippen LogP contribution in [0.15, 0.2) is 12.1 Å². The van der Waals surface area contributed by atoms with Gasteiger partial charge in [0, 0.05) is 6.04 Å². The Balaban J connectivity index is 2.01. The summed E-state index contributed by atoms with van der Waals surface area (Å²) < 4.78 is 16.5. The smallest absolute Gasteiger partial charge is 0.203 e. The van der Waals surface area contributed by atoms with E-state index in [1.54, 1.807) is 7.11 Å². The molecule has 1 aromatic rings. The van der Waals surface area contributed by atoms with Gasteiger partial charge in [0.2, 0.25) is 5.75 Å². The van der Waals surface area contributed by atoms with Crippen LogP contribution in [0.25, 0.3) is 0 Å². The van der Waals surface area contributed by atoms with Gasteiger partial charge in [0.25, 0.3) is 0 Å². The number of benzene rings is 1. The summed E-state index contributed by atoms with van der Waals surface area (Å²) in [5.74, 6) is 2.30. The van der Waals surface area contributed by atoms with Gasteiger partial charge in [-0.15, -0.1) is 0 Å². The number of nitrogens with one attached hydrogen (secondary N) is 1. The van der Waals surface area contributed by atoms with Crippen molar-refractivity contribution in [1.29, 1.82) is 0 Å². The number of methoxy groups -OCH3 is 1. The first kappa shape index (κ1) is 9.78. The first-order chi connectivity index (χ1) is 7.88. The molecule has 1 fully saturated rings. The molecule has 0 spiro atoms. The second-order valence-corrected chi connectivity index (χ2v) is 4.04. The Morgan fingerprint density at radius 2 is 2.12 bits per heavy atom. The van der Waals surface area contributed by atoms with Gasteiger partial charge < -0.3 is 19.5 Å². The van der Waals surface area contributed by atoms with Gasteiger partial charge in [-0.3, -0.25) is 0 Å². The van der Waals surface area contributed by atoms with Crippen LogP contribution in [0.2, 0.25) is 0 Å². The molecule has 0 aromatic heterocycles.